The number of hydrogen-bond donors (Lipinski definition) is 0. The molecule has 1 aliphatic rings. The van der Waals surface area contributed by atoms with Crippen LogP contribution in [-0.2, 0) is 21.6 Å². The maximum atomic E-state index is 13.0. The van der Waals surface area contributed by atoms with Crippen molar-refractivity contribution in [3.8, 4) is 5.75 Å². The second-order valence-electron chi connectivity index (χ2n) is 4.70. The van der Waals surface area contributed by atoms with Gasteiger partial charge in [-0.25, -0.2) is 0 Å². The predicted molar refractivity (Wildman–Crippen MR) is 70.5 cm³/mol. The largest absolute Gasteiger partial charge is 0.496 e. The van der Waals surface area contributed by atoms with Crippen LogP contribution in [0.2, 0.25) is 0 Å². The van der Waals surface area contributed by atoms with E-state index in [0.717, 1.165) is 0 Å². The van der Waals surface area contributed by atoms with Crippen LogP contribution in [0.5, 0.6) is 5.75 Å². The molecule has 0 unspecified atom stereocenters. The monoisotopic (exact) mass is 316 g/mol. The predicted octanol–water partition coefficient (Wildman–Crippen LogP) is 3.37. The van der Waals surface area contributed by atoms with Gasteiger partial charge in [0.15, 0.2) is 0 Å². The summed E-state index contributed by atoms with van der Waals surface area (Å²) in [4.78, 5) is 11.3. The molecule has 120 valence electrons. The van der Waals surface area contributed by atoms with E-state index in [1.807, 2.05) is 0 Å². The Morgan fingerprint density at radius 1 is 1.32 bits per heavy atom. The summed E-state index contributed by atoms with van der Waals surface area (Å²) in [6.07, 6.45) is -4.14. The molecule has 0 atom stereocenters. The molecule has 8 heteroatoms. The average Bonchev–Trinajstić information content (AvgIpc) is 3.26. The summed E-state index contributed by atoms with van der Waals surface area (Å²) in [6.45, 7) is 1.98. The van der Waals surface area contributed by atoms with Crippen molar-refractivity contribution in [2.75, 3.05) is 13.7 Å². The molecule has 0 bridgehead atoms. The van der Waals surface area contributed by atoms with E-state index in [2.05, 4.69) is 10.2 Å². The maximum absolute atomic E-state index is 13.0. The zero-order valence-electron chi connectivity index (χ0n) is 12.1. The van der Waals surface area contributed by atoms with Crippen LogP contribution in [-0.4, -0.2) is 25.9 Å². The van der Waals surface area contributed by atoms with E-state index in [-0.39, 0.29) is 30.3 Å². The summed E-state index contributed by atoms with van der Waals surface area (Å²) in [5.41, 5.74) is -1.95. The minimum atomic E-state index is -4.58. The summed E-state index contributed by atoms with van der Waals surface area (Å²) < 4.78 is 48.8. The molecule has 0 radical (unpaired) electrons. The van der Waals surface area contributed by atoms with Crippen molar-refractivity contribution in [2.24, 2.45) is 10.2 Å². The summed E-state index contributed by atoms with van der Waals surface area (Å²) in [7, 11) is 1.36. The number of ether oxygens (including phenoxy) is 2. The third kappa shape index (κ3) is 3.05. The fourth-order valence-electron chi connectivity index (χ4n) is 2.08. The van der Waals surface area contributed by atoms with Gasteiger partial charge >= 0.3 is 17.8 Å². The first-order chi connectivity index (χ1) is 10.3. The van der Waals surface area contributed by atoms with E-state index < -0.39 is 11.8 Å². The molecule has 1 aliphatic heterocycles. The Labute approximate surface area is 125 Å². The lowest BCUT2D eigenvalue weighted by Gasteiger charge is -2.17. The lowest BCUT2D eigenvalue weighted by molar-refractivity contribution is -0.166. The molecule has 0 aliphatic carbocycles. The van der Waals surface area contributed by atoms with E-state index in [9.17, 15) is 18.0 Å². The van der Waals surface area contributed by atoms with Gasteiger partial charge in [0, 0.05) is 12.0 Å². The fourth-order valence-corrected chi connectivity index (χ4v) is 2.08. The molecule has 0 spiro atoms. The molecule has 2 rings (SSSR count). The Morgan fingerprint density at radius 2 is 2.00 bits per heavy atom. The second-order valence-corrected chi connectivity index (χ2v) is 4.70. The van der Waals surface area contributed by atoms with Crippen LogP contribution in [0.25, 0.3) is 0 Å². The number of alkyl halides is 3. The number of carbonyl (C=O) groups is 1. The van der Waals surface area contributed by atoms with Gasteiger partial charge in [0.1, 0.15) is 5.75 Å². The normalized spacial score (nSPS) is 15.5. The molecule has 0 fully saturated rings. The van der Waals surface area contributed by atoms with Gasteiger partial charge in [-0.15, -0.1) is 10.2 Å². The molecular formula is C14H15F3N2O3. The van der Waals surface area contributed by atoms with Gasteiger partial charge in [-0.05, 0) is 25.0 Å². The van der Waals surface area contributed by atoms with Crippen molar-refractivity contribution >= 4 is 5.97 Å². The Bertz CT molecular complexity index is 593. The summed E-state index contributed by atoms with van der Waals surface area (Å²) in [5.74, 6) is -0.102. The fraction of sp³-hybridized carbons (Fsp3) is 0.500. The number of aryl methyl sites for hydroxylation is 1. The van der Waals surface area contributed by atoms with Crippen molar-refractivity contribution in [2.45, 2.75) is 31.6 Å². The van der Waals surface area contributed by atoms with Gasteiger partial charge in [0.2, 0.25) is 0 Å². The molecule has 0 N–H and O–H groups in total. The van der Waals surface area contributed by atoms with Gasteiger partial charge in [0.25, 0.3) is 0 Å². The van der Waals surface area contributed by atoms with Crippen molar-refractivity contribution in [1.82, 2.24) is 0 Å². The van der Waals surface area contributed by atoms with Gasteiger partial charge in [-0.3, -0.25) is 4.79 Å². The standard InChI is InChI=1S/C14H15F3N2O3/c1-3-22-12(20)7-5-9-4-6-10(8-11(9)21-2)13(18-19-13)14(15,16)17/h4,6,8H,3,5,7H2,1-2H3. The van der Waals surface area contributed by atoms with Gasteiger partial charge in [0.05, 0.1) is 13.7 Å². The first kappa shape index (κ1) is 16.3. The van der Waals surface area contributed by atoms with Crippen LogP contribution in [0.3, 0.4) is 0 Å². The zero-order chi connectivity index (χ0) is 16.4. The number of halogens is 3. The Morgan fingerprint density at radius 3 is 2.50 bits per heavy atom. The number of rotatable bonds is 6. The first-order valence-corrected chi connectivity index (χ1v) is 6.68. The van der Waals surface area contributed by atoms with E-state index in [0.29, 0.717) is 12.0 Å². The van der Waals surface area contributed by atoms with E-state index in [1.54, 1.807) is 6.92 Å². The third-order valence-corrected chi connectivity index (χ3v) is 3.29. The number of methoxy groups -OCH3 is 1. The zero-order valence-corrected chi connectivity index (χ0v) is 12.1. The highest BCUT2D eigenvalue weighted by Gasteiger charge is 2.65. The minimum absolute atomic E-state index is 0.100. The van der Waals surface area contributed by atoms with Crippen LogP contribution in [0.15, 0.2) is 28.4 Å². The highest BCUT2D eigenvalue weighted by atomic mass is 19.4. The number of hydrogen-bond acceptors (Lipinski definition) is 5. The van der Waals surface area contributed by atoms with Crippen molar-refractivity contribution in [3.05, 3.63) is 29.3 Å². The van der Waals surface area contributed by atoms with Crippen LogP contribution in [0.1, 0.15) is 24.5 Å². The summed E-state index contributed by atoms with van der Waals surface area (Å²) in [5, 5.41) is 6.30. The van der Waals surface area contributed by atoms with Crippen LogP contribution in [0.4, 0.5) is 13.2 Å². The van der Waals surface area contributed by atoms with E-state index in [4.69, 9.17) is 9.47 Å². The SMILES string of the molecule is CCOC(=O)CCc1ccc(C2(C(F)(F)F)N=N2)cc1OC. The van der Waals surface area contributed by atoms with Crippen molar-refractivity contribution in [3.63, 3.8) is 0 Å². The number of nitrogens with zero attached hydrogens (tertiary/aromatic N) is 2. The quantitative estimate of drug-likeness (QED) is 0.756. The lowest BCUT2D eigenvalue weighted by atomic mass is 9.98. The average molecular weight is 316 g/mol. The molecule has 0 aromatic heterocycles. The Balaban J connectivity index is 2.17. The third-order valence-electron chi connectivity index (χ3n) is 3.29. The lowest BCUT2D eigenvalue weighted by Crippen LogP contribution is -2.30. The minimum Gasteiger partial charge on any atom is -0.496 e. The van der Waals surface area contributed by atoms with Gasteiger partial charge in [-0.1, -0.05) is 12.1 Å². The number of benzene rings is 1. The Kier molecular flexibility index (Phi) is 4.39. The van der Waals surface area contributed by atoms with Crippen LogP contribution < -0.4 is 4.74 Å². The topological polar surface area (TPSA) is 60.2 Å². The molecule has 0 saturated heterocycles. The molecule has 22 heavy (non-hydrogen) atoms. The second kappa shape index (κ2) is 5.94. The van der Waals surface area contributed by atoms with Crippen molar-refractivity contribution < 1.29 is 27.4 Å². The first-order valence-electron chi connectivity index (χ1n) is 6.68. The van der Waals surface area contributed by atoms with Gasteiger partial charge < -0.3 is 9.47 Å². The number of esters is 1. The van der Waals surface area contributed by atoms with E-state index >= 15 is 0 Å². The molecular weight excluding hydrogens is 301 g/mol. The maximum Gasteiger partial charge on any atom is 0.442 e. The van der Waals surface area contributed by atoms with Gasteiger partial charge in [-0.2, -0.15) is 13.2 Å². The molecule has 0 saturated carbocycles. The number of carbonyl (C=O) groups excluding carboxylic acids is 1. The molecule has 1 heterocycles. The highest BCUT2D eigenvalue weighted by Crippen LogP contribution is 2.52. The van der Waals surface area contributed by atoms with E-state index in [1.165, 1.54) is 25.3 Å². The Hall–Kier alpha value is -2.12. The molecule has 5 nitrogen and oxygen atoms in total. The molecule has 0 amide bonds. The van der Waals surface area contributed by atoms with Crippen LogP contribution in [0, 0.1) is 0 Å². The van der Waals surface area contributed by atoms with Crippen molar-refractivity contribution in [1.29, 1.82) is 0 Å². The molecule has 1 aromatic carbocycles. The molecule has 1 aromatic rings. The smallest absolute Gasteiger partial charge is 0.442 e. The summed E-state index contributed by atoms with van der Waals surface area (Å²) >= 11 is 0. The highest BCUT2D eigenvalue weighted by molar-refractivity contribution is 5.69. The summed E-state index contributed by atoms with van der Waals surface area (Å²) in [6, 6.07) is 4.05. The van der Waals surface area contributed by atoms with Crippen LogP contribution >= 0.6 is 0 Å².